The molecule has 1 saturated carbocycles. The van der Waals surface area contributed by atoms with Gasteiger partial charge in [0.1, 0.15) is 11.5 Å². The van der Waals surface area contributed by atoms with Gasteiger partial charge in [-0.3, -0.25) is 25.4 Å². The number of carbonyl (C=O) groups excluding carboxylic acids is 2. The van der Waals surface area contributed by atoms with Crippen LogP contribution in [0, 0.1) is 0 Å². The van der Waals surface area contributed by atoms with Crippen LogP contribution < -0.4 is 20.3 Å². The molecule has 1 aromatic heterocycles. The topological polar surface area (TPSA) is 89.5 Å². The maximum Gasteiger partial charge on any atom is 0.270 e. The molecule has 1 aliphatic rings. The van der Waals surface area contributed by atoms with E-state index in [0.717, 1.165) is 29.4 Å². The Morgan fingerprint density at radius 3 is 2.24 bits per heavy atom. The van der Waals surface area contributed by atoms with Gasteiger partial charge in [-0.25, -0.2) is 0 Å². The summed E-state index contributed by atoms with van der Waals surface area (Å²) < 4.78 is 10.4. The zero-order chi connectivity index (χ0) is 20.4. The van der Waals surface area contributed by atoms with Crippen molar-refractivity contribution >= 4 is 22.7 Å². The second-order valence-electron chi connectivity index (χ2n) is 6.90. The smallest absolute Gasteiger partial charge is 0.270 e. The van der Waals surface area contributed by atoms with Gasteiger partial charge in [0.25, 0.3) is 11.8 Å². The third-order valence-corrected chi connectivity index (χ3v) is 4.88. The molecule has 3 aromatic rings. The number of methoxy groups -OCH3 is 2. The molecule has 0 unspecified atom stereocenters. The predicted molar refractivity (Wildman–Crippen MR) is 108 cm³/mol. The van der Waals surface area contributed by atoms with E-state index in [1.54, 1.807) is 18.2 Å². The van der Waals surface area contributed by atoms with Crippen LogP contribution in [0.1, 0.15) is 45.2 Å². The lowest BCUT2D eigenvalue weighted by molar-refractivity contribution is 0.0847. The Morgan fingerprint density at radius 2 is 1.59 bits per heavy atom. The number of ether oxygens (including phenoxy) is 2. The van der Waals surface area contributed by atoms with Crippen LogP contribution >= 0.6 is 0 Å². The third-order valence-electron chi connectivity index (χ3n) is 4.88. The van der Waals surface area contributed by atoms with Gasteiger partial charge < -0.3 is 9.47 Å². The Morgan fingerprint density at radius 1 is 0.931 bits per heavy atom. The highest BCUT2D eigenvalue weighted by molar-refractivity contribution is 6.07. The van der Waals surface area contributed by atoms with Crippen LogP contribution in [0.25, 0.3) is 10.9 Å². The van der Waals surface area contributed by atoms with E-state index in [-0.39, 0.29) is 0 Å². The van der Waals surface area contributed by atoms with Gasteiger partial charge in [-0.2, -0.15) is 0 Å². The number of pyridine rings is 1. The minimum absolute atomic E-state index is 0.305. The second kappa shape index (κ2) is 7.79. The van der Waals surface area contributed by atoms with Crippen LogP contribution in [-0.4, -0.2) is 31.0 Å². The standard InChI is InChI=1S/C22H21N3O4/c1-28-15-9-14(10-16(11-15)29-2)21(26)24-25-22(27)18-12-20(13-7-8-13)23-19-6-4-3-5-17(18)19/h3-6,9-13H,7-8H2,1-2H3,(H,24,26)(H,25,27). The fourth-order valence-electron chi connectivity index (χ4n) is 3.16. The molecule has 148 valence electrons. The summed E-state index contributed by atoms with van der Waals surface area (Å²) in [5, 5.41) is 0.742. The zero-order valence-electron chi connectivity index (χ0n) is 16.2. The van der Waals surface area contributed by atoms with Crippen molar-refractivity contribution in [3.8, 4) is 11.5 Å². The number of nitrogens with zero attached hydrogens (tertiary/aromatic N) is 1. The maximum atomic E-state index is 12.8. The largest absolute Gasteiger partial charge is 0.497 e. The number of hydrogen-bond donors (Lipinski definition) is 2. The highest BCUT2D eigenvalue weighted by atomic mass is 16.5. The first kappa shape index (κ1) is 18.7. The van der Waals surface area contributed by atoms with Crippen molar-refractivity contribution in [1.82, 2.24) is 15.8 Å². The van der Waals surface area contributed by atoms with E-state index in [1.165, 1.54) is 14.2 Å². The summed E-state index contributed by atoms with van der Waals surface area (Å²) in [6.07, 6.45) is 2.17. The first-order valence-electron chi connectivity index (χ1n) is 9.32. The summed E-state index contributed by atoms with van der Waals surface area (Å²) in [4.78, 5) is 30.0. The Kier molecular flexibility index (Phi) is 5.03. The molecule has 0 radical (unpaired) electrons. The molecule has 7 heteroatoms. The lowest BCUT2D eigenvalue weighted by Gasteiger charge is -2.12. The van der Waals surface area contributed by atoms with Crippen LogP contribution in [0.5, 0.6) is 11.5 Å². The number of nitrogens with one attached hydrogen (secondary N) is 2. The van der Waals surface area contributed by atoms with Crippen LogP contribution in [0.15, 0.2) is 48.5 Å². The molecule has 0 bridgehead atoms. The van der Waals surface area contributed by atoms with Crippen LogP contribution in [0.2, 0.25) is 0 Å². The van der Waals surface area contributed by atoms with Gasteiger partial charge in [-0.05, 0) is 37.1 Å². The van der Waals surface area contributed by atoms with Gasteiger partial charge >= 0.3 is 0 Å². The lowest BCUT2D eigenvalue weighted by Crippen LogP contribution is -2.41. The van der Waals surface area contributed by atoms with Crippen molar-refractivity contribution in [1.29, 1.82) is 0 Å². The molecule has 1 fully saturated rings. The molecule has 0 spiro atoms. The maximum absolute atomic E-state index is 12.8. The average molecular weight is 391 g/mol. The summed E-state index contributed by atoms with van der Waals surface area (Å²) in [5.41, 5.74) is 7.44. The van der Waals surface area contributed by atoms with Crippen LogP contribution in [0.4, 0.5) is 0 Å². The molecule has 0 atom stereocenters. The van der Waals surface area contributed by atoms with Crippen molar-refractivity contribution in [2.24, 2.45) is 0 Å². The quantitative estimate of drug-likeness (QED) is 0.652. The second-order valence-corrected chi connectivity index (χ2v) is 6.90. The molecule has 0 aliphatic heterocycles. The third kappa shape index (κ3) is 3.99. The first-order chi connectivity index (χ1) is 14.1. The number of hydrazine groups is 1. The summed E-state index contributed by atoms with van der Waals surface area (Å²) in [5.74, 6) is 0.500. The van der Waals surface area contributed by atoms with Gasteiger partial charge in [0.05, 0.1) is 25.3 Å². The van der Waals surface area contributed by atoms with E-state index in [0.29, 0.717) is 28.5 Å². The highest BCUT2D eigenvalue weighted by Gasteiger charge is 2.27. The van der Waals surface area contributed by atoms with Gasteiger partial charge in [0, 0.05) is 28.6 Å². The molecule has 2 aromatic carbocycles. The van der Waals surface area contributed by atoms with E-state index in [1.807, 2.05) is 30.3 Å². The molecule has 1 aliphatic carbocycles. The molecule has 1 heterocycles. The Bertz CT molecular complexity index is 1070. The number of fused-ring (bicyclic) bond motifs is 1. The fourth-order valence-corrected chi connectivity index (χ4v) is 3.16. The predicted octanol–water partition coefficient (Wildman–Crippen LogP) is 3.20. The number of amides is 2. The lowest BCUT2D eigenvalue weighted by atomic mass is 10.1. The number of rotatable bonds is 5. The number of para-hydroxylation sites is 1. The van der Waals surface area contributed by atoms with Gasteiger partial charge in [0.2, 0.25) is 0 Å². The van der Waals surface area contributed by atoms with Crippen molar-refractivity contribution in [3.63, 3.8) is 0 Å². The average Bonchev–Trinajstić information content (AvgIpc) is 3.61. The monoisotopic (exact) mass is 391 g/mol. The number of carbonyl (C=O) groups is 2. The van der Waals surface area contributed by atoms with Crippen LogP contribution in [-0.2, 0) is 0 Å². The van der Waals surface area contributed by atoms with Gasteiger partial charge in [-0.1, -0.05) is 18.2 Å². The van der Waals surface area contributed by atoms with Crippen molar-refractivity contribution in [3.05, 3.63) is 65.4 Å². The molecular formula is C22H21N3O4. The molecule has 2 amide bonds. The summed E-state index contributed by atoms with van der Waals surface area (Å²) >= 11 is 0. The van der Waals surface area contributed by atoms with Crippen molar-refractivity contribution in [2.75, 3.05) is 14.2 Å². The highest BCUT2D eigenvalue weighted by Crippen LogP contribution is 2.40. The molecule has 7 nitrogen and oxygen atoms in total. The van der Waals surface area contributed by atoms with Crippen molar-refractivity contribution < 1.29 is 19.1 Å². The number of benzene rings is 2. The Hall–Kier alpha value is -3.61. The number of aromatic nitrogens is 1. The van der Waals surface area contributed by atoms with E-state index in [9.17, 15) is 9.59 Å². The molecular weight excluding hydrogens is 370 g/mol. The van der Waals surface area contributed by atoms with Crippen LogP contribution in [0.3, 0.4) is 0 Å². The van der Waals surface area contributed by atoms with E-state index in [4.69, 9.17) is 9.47 Å². The SMILES string of the molecule is COc1cc(OC)cc(C(=O)NNC(=O)c2cc(C3CC3)nc3ccccc23)c1. The van der Waals surface area contributed by atoms with Crippen molar-refractivity contribution in [2.45, 2.75) is 18.8 Å². The van der Waals surface area contributed by atoms with Gasteiger partial charge in [0.15, 0.2) is 0 Å². The summed E-state index contributed by atoms with van der Waals surface area (Å²) in [7, 11) is 3.01. The Labute approximate surface area is 168 Å². The Balaban J connectivity index is 1.55. The molecule has 4 rings (SSSR count). The van der Waals surface area contributed by atoms with E-state index < -0.39 is 11.8 Å². The van der Waals surface area contributed by atoms with E-state index in [2.05, 4.69) is 15.8 Å². The summed E-state index contributed by atoms with van der Waals surface area (Å²) in [6.45, 7) is 0. The molecule has 29 heavy (non-hydrogen) atoms. The first-order valence-corrected chi connectivity index (χ1v) is 9.32. The fraction of sp³-hybridized carbons (Fsp3) is 0.227. The molecule has 2 N–H and O–H groups in total. The van der Waals surface area contributed by atoms with Gasteiger partial charge in [-0.15, -0.1) is 0 Å². The minimum atomic E-state index is -0.476. The zero-order valence-corrected chi connectivity index (χ0v) is 16.2. The minimum Gasteiger partial charge on any atom is -0.497 e. The van der Waals surface area contributed by atoms with E-state index >= 15 is 0 Å². The normalized spacial score (nSPS) is 13.0. The summed E-state index contributed by atoms with van der Waals surface area (Å²) in [6, 6.07) is 14.1. The number of hydrogen-bond acceptors (Lipinski definition) is 5. The molecule has 0 saturated heterocycles.